The first-order chi connectivity index (χ1) is 17.9. The topological polar surface area (TPSA) is 104 Å². The minimum Gasteiger partial charge on any atom is -0.503 e. The number of benzene rings is 3. The number of anilines is 1. The number of aliphatic hydroxyl groups is 1. The highest BCUT2D eigenvalue weighted by atomic mass is 32.1. The molecule has 0 fully saturated rings. The SMILES string of the molecule is COc1ccc(C2C(C(=O)c3sc(-c4ccccc4)nc3C)=C(O)C(=O)N2c2ccc(C#N)cc2)cc1. The van der Waals surface area contributed by atoms with Crippen molar-refractivity contribution in [3.63, 3.8) is 0 Å². The summed E-state index contributed by atoms with van der Waals surface area (Å²) in [6.07, 6.45) is 0. The summed E-state index contributed by atoms with van der Waals surface area (Å²) in [5.74, 6) is -1.14. The minimum atomic E-state index is -0.888. The summed E-state index contributed by atoms with van der Waals surface area (Å²) in [5, 5.41) is 20.9. The maximum atomic E-state index is 14.0. The zero-order valence-corrected chi connectivity index (χ0v) is 20.8. The third-order valence-corrected chi connectivity index (χ3v) is 7.39. The summed E-state index contributed by atoms with van der Waals surface area (Å²) < 4.78 is 5.27. The van der Waals surface area contributed by atoms with Crippen molar-refractivity contribution in [1.82, 2.24) is 4.98 Å². The molecule has 1 aromatic heterocycles. The maximum absolute atomic E-state index is 14.0. The smallest absolute Gasteiger partial charge is 0.294 e. The normalized spacial score (nSPS) is 15.1. The number of aliphatic hydroxyl groups excluding tert-OH is 1. The van der Waals surface area contributed by atoms with Crippen LogP contribution >= 0.6 is 11.3 Å². The van der Waals surface area contributed by atoms with Gasteiger partial charge in [-0.3, -0.25) is 14.5 Å². The van der Waals surface area contributed by atoms with Crippen LogP contribution in [0.15, 0.2) is 90.2 Å². The molecular formula is C29H21N3O4S. The van der Waals surface area contributed by atoms with Gasteiger partial charge in [0.2, 0.25) is 5.78 Å². The van der Waals surface area contributed by atoms with Gasteiger partial charge in [0.1, 0.15) is 10.8 Å². The molecule has 0 bridgehead atoms. The molecule has 8 heteroatoms. The van der Waals surface area contributed by atoms with E-state index < -0.39 is 23.5 Å². The molecule has 0 saturated heterocycles. The van der Waals surface area contributed by atoms with Crippen molar-refractivity contribution in [3.05, 3.63) is 112 Å². The molecule has 1 aliphatic rings. The Morgan fingerprint density at radius 3 is 2.35 bits per heavy atom. The van der Waals surface area contributed by atoms with E-state index in [0.717, 1.165) is 5.56 Å². The van der Waals surface area contributed by atoms with E-state index in [1.54, 1.807) is 62.6 Å². The Bertz CT molecular complexity index is 1570. The van der Waals surface area contributed by atoms with E-state index in [-0.39, 0.29) is 5.57 Å². The number of rotatable bonds is 6. The number of carbonyl (C=O) groups is 2. The van der Waals surface area contributed by atoms with Crippen LogP contribution in [0.2, 0.25) is 0 Å². The van der Waals surface area contributed by atoms with E-state index in [1.807, 2.05) is 30.3 Å². The Morgan fingerprint density at radius 1 is 1.05 bits per heavy atom. The number of amides is 1. The molecule has 1 amide bonds. The Balaban J connectivity index is 1.62. The van der Waals surface area contributed by atoms with Crippen LogP contribution in [-0.4, -0.2) is 28.9 Å². The van der Waals surface area contributed by atoms with Gasteiger partial charge < -0.3 is 9.84 Å². The highest BCUT2D eigenvalue weighted by Gasteiger charge is 2.45. The summed E-state index contributed by atoms with van der Waals surface area (Å²) in [6, 6.07) is 24.1. The molecule has 0 aliphatic carbocycles. The number of hydrogen-bond donors (Lipinski definition) is 1. The van der Waals surface area contributed by atoms with Crippen molar-refractivity contribution in [2.45, 2.75) is 13.0 Å². The Hall–Kier alpha value is -4.74. The molecule has 1 aliphatic heterocycles. The molecule has 5 rings (SSSR count). The second-order valence-corrected chi connectivity index (χ2v) is 9.40. The fourth-order valence-corrected chi connectivity index (χ4v) is 5.36. The second-order valence-electron chi connectivity index (χ2n) is 8.40. The van der Waals surface area contributed by atoms with E-state index in [9.17, 15) is 20.0 Å². The van der Waals surface area contributed by atoms with Crippen molar-refractivity contribution < 1.29 is 19.4 Å². The molecule has 4 aromatic rings. The molecule has 0 saturated carbocycles. The largest absolute Gasteiger partial charge is 0.503 e. The van der Waals surface area contributed by atoms with E-state index in [4.69, 9.17) is 4.74 Å². The first-order valence-electron chi connectivity index (χ1n) is 11.4. The zero-order valence-electron chi connectivity index (χ0n) is 20.0. The van der Waals surface area contributed by atoms with Crippen LogP contribution in [0.5, 0.6) is 5.75 Å². The van der Waals surface area contributed by atoms with Crippen molar-refractivity contribution in [3.8, 4) is 22.4 Å². The van der Waals surface area contributed by atoms with Crippen LogP contribution in [0.4, 0.5) is 5.69 Å². The molecule has 2 heterocycles. The van der Waals surface area contributed by atoms with Gasteiger partial charge in [-0.1, -0.05) is 42.5 Å². The van der Waals surface area contributed by atoms with E-state index in [2.05, 4.69) is 11.1 Å². The molecule has 182 valence electrons. The van der Waals surface area contributed by atoms with E-state index in [1.165, 1.54) is 16.2 Å². The Kier molecular flexibility index (Phi) is 6.30. The molecule has 1 N–H and O–H groups in total. The number of nitriles is 1. The molecule has 3 aromatic carbocycles. The molecule has 1 unspecified atom stereocenters. The number of hydrogen-bond acceptors (Lipinski definition) is 7. The first kappa shape index (κ1) is 24.0. The third-order valence-electron chi connectivity index (χ3n) is 6.18. The number of Topliss-reactive ketones (excluding diaryl/α,β-unsaturated/α-hetero) is 1. The molecule has 1 atom stereocenters. The highest BCUT2D eigenvalue weighted by molar-refractivity contribution is 7.17. The van der Waals surface area contributed by atoms with Crippen molar-refractivity contribution >= 4 is 28.7 Å². The number of carbonyl (C=O) groups excluding carboxylic acids is 2. The quantitative estimate of drug-likeness (QED) is 0.332. The van der Waals surface area contributed by atoms with Crippen molar-refractivity contribution in [2.24, 2.45) is 0 Å². The lowest BCUT2D eigenvalue weighted by Crippen LogP contribution is -2.31. The van der Waals surface area contributed by atoms with Gasteiger partial charge in [-0.25, -0.2) is 4.98 Å². The van der Waals surface area contributed by atoms with Crippen LogP contribution in [-0.2, 0) is 4.79 Å². The highest BCUT2D eigenvalue weighted by Crippen LogP contribution is 2.43. The van der Waals surface area contributed by atoms with Gasteiger partial charge in [0.25, 0.3) is 5.91 Å². The maximum Gasteiger partial charge on any atom is 0.294 e. The number of aromatic nitrogens is 1. The third kappa shape index (κ3) is 4.26. The number of ketones is 1. The van der Waals surface area contributed by atoms with Crippen molar-refractivity contribution in [1.29, 1.82) is 5.26 Å². The van der Waals surface area contributed by atoms with Gasteiger partial charge in [0, 0.05) is 11.3 Å². The lowest BCUT2D eigenvalue weighted by Gasteiger charge is -2.27. The standard InChI is InChI=1S/C29H21N3O4S/c1-17-27(37-28(31-17)20-6-4-3-5-7-20)25(33)23-24(19-10-14-22(36-2)15-11-19)32(29(35)26(23)34)21-12-8-18(16-30)9-13-21/h3-15,24,34H,1-2H3. The lowest BCUT2D eigenvalue weighted by atomic mass is 9.94. The molecule has 0 spiro atoms. The average Bonchev–Trinajstić information content (AvgIpc) is 3.46. The van der Waals surface area contributed by atoms with Gasteiger partial charge in [-0.15, -0.1) is 11.3 Å². The Morgan fingerprint density at radius 2 is 1.73 bits per heavy atom. The summed E-state index contributed by atoms with van der Waals surface area (Å²) >= 11 is 1.22. The fourth-order valence-electron chi connectivity index (χ4n) is 4.34. The minimum absolute atomic E-state index is 0.0223. The van der Waals surface area contributed by atoms with E-state index in [0.29, 0.717) is 38.1 Å². The van der Waals surface area contributed by atoms with Gasteiger partial charge in [0.15, 0.2) is 5.76 Å². The van der Waals surface area contributed by atoms with Crippen LogP contribution < -0.4 is 9.64 Å². The predicted octanol–water partition coefficient (Wildman–Crippen LogP) is 5.78. The predicted molar refractivity (Wildman–Crippen MR) is 141 cm³/mol. The lowest BCUT2D eigenvalue weighted by molar-refractivity contribution is -0.117. The van der Waals surface area contributed by atoms with E-state index >= 15 is 0 Å². The summed E-state index contributed by atoms with van der Waals surface area (Å²) in [5.41, 5.74) is 2.87. The molecule has 37 heavy (non-hydrogen) atoms. The van der Waals surface area contributed by atoms with Gasteiger partial charge in [-0.2, -0.15) is 5.26 Å². The fraction of sp³-hybridized carbons (Fsp3) is 0.103. The number of nitrogens with zero attached hydrogens (tertiary/aromatic N) is 3. The summed E-state index contributed by atoms with van der Waals surface area (Å²) in [4.78, 5) is 33.7. The average molecular weight is 508 g/mol. The van der Waals surface area contributed by atoms with Crippen molar-refractivity contribution in [2.75, 3.05) is 12.0 Å². The molecule has 7 nitrogen and oxygen atoms in total. The number of aryl methyl sites for hydroxylation is 1. The van der Waals surface area contributed by atoms with Gasteiger partial charge >= 0.3 is 0 Å². The first-order valence-corrected chi connectivity index (χ1v) is 12.2. The van der Waals surface area contributed by atoms with Crippen LogP contribution in [0.3, 0.4) is 0 Å². The summed E-state index contributed by atoms with van der Waals surface area (Å²) in [7, 11) is 1.55. The second kappa shape index (κ2) is 9.72. The Labute approximate surface area is 217 Å². The molecular weight excluding hydrogens is 486 g/mol. The number of thiazole rings is 1. The van der Waals surface area contributed by atoms with Gasteiger partial charge in [-0.05, 0) is 48.9 Å². The number of methoxy groups -OCH3 is 1. The molecule has 0 radical (unpaired) electrons. The van der Waals surface area contributed by atoms with Crippen LogP contribution in [0.1, 0.15) is 32.5 Å². The van der Waals surface area contributed by atoms with Crippen LogP contribution in [0, 0.1) is 18.3 Å². The van der Waals surface area contributed by atoms with Crippen LogP contribution in [0.25, 0.3) is 10.6 Å². The monoisotopic (exact) mass is 507 g/mol. The summed E-state index contributed by atoms with van der Waals surface area (Å²) in [6.45, 7) is 1.74. The zero-order chi connectivity index (χ0) is 26.1. The van der Waals surface area contributed by atoms with Gasteiger partial charge in [0.05, 0.1) is 40.9 Å². The number of ether oxygens (including phenoxy) is 1.